The molecule has 0 aliphatic heterocycles. The molecule has 8 nitrogen and oxygen atoms in total. The predicted molar refractivity (Wildman–Crippen MR) is 85.5 cm³/mol. The summed E-state index contributed by atoms with van der Waals surface area (Å²) in [6, 6.07) is 9.56. The number of carbonyl (C=O) groups excluding carboxylic acids is 1. The Morgan fingerprint density at radius 1 is 1.29 bits per heavy atom. The number of nitrogens with zero attached hydrogens (tertiary/aromatic N) is 6. The molecule has 0 aliphatic carbocycles. The summed E-state index contributed by atoms with van der Waals surface area (Å²) in [5.74, 6) is 1.69. The Labute approximate surface area is 139 Å². The molecule has 0 spiro atoms. The van der Waals surface area contributed by atoms with Gasteiger partial charge in [-0.1, -0.05) is 35.5 Å². The Morgan fingerprint density at radius 2 is 2.08 bits per heavy atom. The van der Waals surface area contributed by atoms with Crippen molar-refractivity contribution < 1.29 is 9.32 Å². The minimum Gasteiger partial charge on any atom is -0.337 e. The molecule has 1 amide bonds. The van der Waals surface area contributed by atoms with E-state index < -0.39 is 0 Å². The molecule has 1 aromatic carbocycles. The highest BCUT2D eigenvalue weighted by atomic mass is 16.5. The SMILES string of the molecule is CN(Cc1nc(-c2ccccc2)no1)C(=O)CCc1nncn1C. The molecule has 8 heteroatoms. The summed E-state index contributed by atoms with van der Waals surface area (Å²) in [6.45, 7) is 0.275. The van der Waals surface area contributed by atoms with Crippen molar-refractivity contribution in [1.82, 2.24) is 29.8 Å². The van der Waals surface area contributed by atoms with Crippen LogP contribution < -0.4 is 0 Å². The molecular weight excluding hydrogens is 308 g/mol. The number of hydrogen-bond acceptors (Lipinski definition) is 6. The second-order valence-corrected chi connectivity index (χ2v) is 5.49. The molecule has 0 fully saturated rings. The largest absolute Gasteiger partial charge is 0.337 e. The quantitative estimate of drug-likeness (QED) is 0.681. The van der Waals surface area contributed by atoms with Crippen LogP contribution in [0, 0.1) is 0 Å². The number of aromatic nitrogens is 5. The summed E-state index contributed by atoms with van der Waals surface area (Å²) >= 11 is 0. The van der Waals surface area contributed by atoms with E-state index in [0.29, 0.717) is 24.6 Å². The fourth-order valence-electron chi connectivity index (χ4n) is 2.26. The summed E-state index contributed by atoms with van der Waals surface area (Å²) < 4.78 is 7.03. The van der Waals surface area contributed by atoms with Crippen molar-refractivity contribution in [1.29, 1.82) is 0 Å². The van der Waals surface area contributed by atoms with E-state index in [9.17, 15) is 4.79 Å². The zero-order valence-electron chi connectivity index (χ0n) is 13.6. The van der Waals surface area contributed by atoms with Crippen LogP contribution in [-0.4, -0.2) is 42.8 Å². The Bertz CT molecular complexity index is 811. The molecule has 0 bridgehead atoms. The first kappa shape index (κ1) is 15.9. The second-order valence-electron chi connectivity index (χ2n) is 5.49. The fraction of sp³-hybridized carbons (Fsp3) is 0.312. The molecule has 0 atom stereocenters. The van der Waals surface area contributed by atoms with Gasteiger partial charge in [0.05, 0.1) is 6.54 Å². The molecule has 3 aromatic rings. The van der Waals surface area contributed by atoms with E-state index in [0.717, 1.165) is 11.4 Å². The number of amides is 1. The lowest BCUT2D eigenvalue weighted by molar-refractivity contribution is -0.130. The van der Waals surface area contributed by atoms with Crippen molar-refractivity contribution in [3.63, 3.8) is 0 Å². The van der Waals surface area contributed by atoms with E-state index in [1.165, 1.54) is 0 Å². The maximum atomic E-state index is 12.2. The van der Waals surface area contributed by atoms with Crippen molar-refractivity contribution in [2.75, 3.05) is 7.05 Å². The lowest BCUT2D eigenvalue weighted by atomic mass is 10.2. The van der Waals surface area contributed by atoms with Gasteiger partial charge in [0.1, 0.15) is 12.2 Å². The monoisotopic (exact) mass is 326 g/mol. The van der Waals surface area contributed by atoms with Gasteiger partial charge in [-0.25, -0.2) is 0 Å². The topological polar surface area (TPSA) is 89.9 Å². The molecule has 124 valence electrons. The Balaban J connectivity index is 1.56. The molecular formula is C16H18N6O2. The van der Waals surface area contributed by atoms with Crippen LogP contribution in [0.2, 0.25) is 0 Å². The van der Waals surface area contributed by atoms with Crippen LogP contribution >= 0.6 is 0 Å². The maximum absolute atomic E-state index is 12.2. The van der Waals surface area contributed by atoms with Gasteiger partial charge < -0.3 is 14.0 Å². The van der Waals surface area contributed by atoms with E-state index in [2.05, 4.69) is 20.3 Å². The maximum Gasteiger partial charge on any atom is 0.246 e. The van der Waals surface area contributed by atoms with Crippen LogP contribution in [0.25, 0.3) is 11.4 Å². The zero-order chi connectivity index (χ0) is 16.9. The van der Waals surface area contributed by atoms with Crippen molar-refractivity contribution >= 4 is 5.91 Å². The molecule has 2 heterocycles. The fourth-order valence-corrected chi connectivity index (χ4v) is 2.26. The van der Waals surface area contributed by atoms with Gasteiger partial charge >= 0.3 is 0 Å². The van der Waals surface area contributed by atoms with Crippen LogP contribution in [0.5, 0.6) is 0 Å². The van der Waals surface area contributed by atoms with Gasteiger partial charge in [-0.2, -0.15) is 4.98 Å². The summed E-state index contributed by atoms with van der Waals surface area (Å²) in [7, 11) is 3.57. The van der Waals surface area contributed by atoms with Crippen LogP contribution in [0.3, 0.4) is 0 Å². The van der Waals surface area contributed by atoms with Gasteiger partial charge in [0.15, 0.2) is 0 Å². The average Bonchev–Trinajstić information content (AvgIpc) is 3.22. The Morgan fingerprint density at radius 3 is 2.79 bits per heavy atom. The predicted octanol–water partition coefficient (Wildman–Crippen LogP) is 1.46. The standard InChI is InChI=1S/C16H18N6O2/c1-21(15(23)9-8-13-19-17-11-22(13)2)10-14-18-16(20-24-14)12-6-4-3-5-7-12/h3-7,11H,8-10H2,1-2H3. The molecule has 0 aliphatic rings. The number of benzene rings is 1. The molecule has 24 heavy (non-hydrogen) atoms. The van der Waals surface area contributed by atoms with Crippen LogP contribution in [0.1, 0.15) is 18.1 Å². The normalized spacial score (nSPS) is 10.8. The molecule has 0 N–H and O–H groups in total. The van der Waals surface area contributed by atoms with E-state index in [4.69, 9.17) is 4.52 Å². The Hall–Kier alpha value is -3.03. The number of rotatable bonds is 6. The minimum absolute atomic E-state index is 0.0162. The van der Waals surface area contributed by atoms with Gasteiger partial charge in [-0.05, 0) is 0 Å². The van der Waals surface area contributed by atoms with E-state index in [1.54, 1.807) is 22.8 Å². The number of hydrogen-bond donors (Lipinski definition) is 0. The molecule has 0 saturated heterocycles. The average molecular weight is 326 g/mol. The Kier molecular flexibility index (Phi) is 4.64. The van der Waals surface area contributed by atoms with Crippen molar-refractivity contribution in [3.8, 4) is 11.4 Å². The third kappa shape index (κ3) is 3.65. The third-order valence-electron chi connectivity index (χ3n) is 3.67. The highest BCUT2D eigenvalue weighted by Gasteiger charge is 2.15. The van der Waals surface area contributed by atoms with Gasteiger partial charge in [-0.15, -0.1) is 10.2 Å². The zero-order valence-corrected chi connectivity index (χ0v) is 13.6. The van der Waals surface area contributed by atoms with Gasteiger partial charge in [0, 0.05) is 32.5 Å². The smallest absolute Gasteiger partial charge is 0.246 e. The van der Waals surface area contributed by atoms with E-state index >= 15 is 0 Å². The summed E-state index contributed by atoms with van der Waals surface area (Å²) in [5.41, 5.74) is 0.878. The molecule has 0 unspecified atom stereocenters. The summed E-state index contributed by atoms with van der Waals surface area (Å²) in [6.07, 6.45) is 2.51. The highest BCUT2D eigenvalue weighted by Crippen LogP contribution is 2.15. The van der Waals surface area contributed by atoms with E-state index in [1.807, 2.05) is 37.4 Å². The molecule has 0 saturated carbocycles. The van der Waals surface area contributed by atoms with Crippen molar-refractivity contribution in [2.24, 2.45) is 7.05 Å². The number of aryl methyl sites for hydroxylation is 2. The number of carbonyl (C=O) groups is 1. The van der Waals surface area contributed by atoms with Crippen LogP contribution in [-0.2, 0) is 24.8 Å². The minimum atomic E-state index is -0.0162. The second kappa shape index (κ2) is 7.03. The molecule has 2 aromatic heterocycles. The lowest BCUT2D eigenvalue weighted by Crippen LogP contribution is -2.26. The first-order valence-electron chi connectivity index (χ1n) is 7.58. The lowest BCUT2D eigenvalue weighted by Gasteiger charge is -2.14. The van der Waals surface area contributed by atoms with Crippen molar-refractivity contribution in [3.05, 3.63) is 48.4 Å². The third-order valence-corrected chi connectivity index (χ3v) is 3.67. The highest BCUT2D eigenvalue weighted by molar-refractivity contribution is 5.75. The first-order valence-corrected chi connectivity index (χ1v) is 7.58. The summed E-state index contributed by atoms with van der Waals surface area (Å²) in [4.78, 5) is 18.1. The van der Waals surface area contributed by atoms with Crippen molar-refractivity contribution in [2.45, 2.75) is 19.4 Å². The molecule has 3 rings (SSSR count). The van der Waals surface area contributed by atoms with E-state index in [-0.39, 0.29) is 12.5 Å². The van der Waals surface area contributed by atoms with Crippen LogP contribution in [0.15, 0.2) is 41.2 Å². The first-order chi connectivity index (χ1) is 11.6. The van der Waals surface area contributed by atoms with Gasteiger partial charge in [0.25, 0.3) is 0 Å². The van der Waals surface area contributed by atoms with Crippen LogP contribution in [0.4, 0.5) is 0 Å². The van der Waals surface area contributed by atoms with Gasteiger partial charge in [-0.3, -0.25) is 4.79 Å². The summed E-state index contributed by atoms with van der Waals surface area (Å²) in [5, 5.41) is 11.7. The molecule has 0 radical (unpaired) electrons. The van der Waals surface area contributed by atoms with Gasteiger partial charge in [0.2, 0.25) is 17.6 Å².